The fourth-order valence-corrected chi connectivity index (χ4v) is 2.19. The molecule has 7 nitrogen and oxygen atoms in total. The zero-order chi connectivity index (χ0) is 17.1. The highest BCUT2D eigenvalue weighted by Gasteiger charge is 2.23. The third-order valence-electron chi connectivity index (χ3n) is 2.69. The molecule has 0 aliphatic rings. The Balaban J connectivity index is 3.30. The number of hydrogen-bond acceptors (Lipinski definition) is 6. The van der Waals surface area contributed by atoms with Gasteiger partial charge < -0.3 is 15.8 Å². The van der Waals surface area contributed by atoms with Crippen LogP contribution in [-0.4, -0.2) is 38.7 Å². The van der Waals surface area contributed by atoms with Gasteiger partial charge in [0.2, 0.25) is 5.91 Å². The van der Waals surface area contributed by atoms with E-state index in [0.29, 0.717) is 0 Å². The molecule has 1 aromatic rings. The molecule has 3 N–H and O–H groups in total. The maximum atomic E-state index is 11.9. The first-order valence-corrected chi connectivity index (χ1v) is 8.47. The summed E-state index contributed by atoms with van der Waals surface area (Å²) >= 11 is 0. The Morgan fingerprint density at radius 2 is 1.86 bits per heavy atom. The summed E-state index contributed by atoms with van der Waals surface area (Å²) in [6, 6.07) is 3.81. The van der Waals surface area contributed by atoms with Crippen molar-refractivity contribution in [2.75, 3.05) is 18.2 Å². The molecule has 0 aliphatic heterocycles. The normalized spacial score (nSPS) is 11.9. The van der Waals surface area contributed by atoms with Gasteiger partial charge in [-0.05, 0) is 39.0 Å². The Kier molecular flexibility index (Phi) is 5.31. The van der Waals surface area contributed by atoms with Gasteiger partial charge in [0.15, 0.2) is 9.84 Å². The van der Waals surface area contributed by atoms with Crippen molar-refractivity contribution in [3.8, 4) is 0 Å². The minimum absolute atomic E-state index is 0.0369. The lowest BCUT2D eigenvalue weighted by Crippen LogP contribution is -2.45. The summed E-state index contributed by atoms with van der Waals surface area (Å²) in [5.41, 5.74) is 4.73. The average Bonchev–Trinajstić information content (AvgIpc) is 2.36. The van der Waals surface area contributed by atoms with Crippen LogP contribution in [0.4, 0.5) is 5.69 Å². The molecule has 122 valence electrons. The standard InChI is InChI=1S/C14H20N2O5S/c1-5-21-12(17)9-6-10(16-13(18)14(2,3)15)8-11(7-9)22(4,19)20/h6-8H,5,15H2,1-4H3,(H,16,18). The molecule has 0 saturated heterocycles. The molecule has 0 unspecified atom stereocenters. The lowest BCUT2D eigenvalue weighted by molar-refractivity contribution is -0.120. The number of ether oxygens (including phenoxy) is 1. The summed E-state index contributed by atoms with van der Waals surface area (Å²) in [7, 11) is -3.56. The van der Waals surface area contributed by atoms with Crippen LogP contribution in [0.5, 0.6) is 0 Å². The molecule has 0 aromatic heterocycles. The van der Waals surface area contributed by atoms with Gasteiger partial charge >= 0.3 is 5.97 Å². The summed E-state index contributed by atoms with van der Waals surface area (Å²) in [5.74, 6) is -1.18. The van der Waals surface area contributed by atoms with E-state index in [2.05, 4.69) is 5.32 Å². The van der Waals surface area contributed by atoms with Crippen LogP contribution in [0.25, 0.3) is 0 Å². The van der Waals surface area contributed by atoms with E-state index in [0.717, 1.165) is 6.26 Å². The largest absolute Gasteiger partial charge is 0.462 e. The summed E-state index contributed by atoms with van der Waals surface area (Å²) in [6.45, 7) is 4.81. The highest BCUT2D eigenvalue weighted by molar-refractivity contribution is 7.90. The average molecular weight is 328 g/mol. The van der Waals surface area contributed by atoms with Crippen LogP contribution in [0.3, 0.4) is 0 Å². The second-order valence-electron chi connectivity index (χ2n) is 5.41. The van der Waals surface area contributed by atoms with Gasteiger partial charge in [0.1, 0.15) is 0 Å². The number of hydrogen-bond donors (Lipinski definition) is 2. The fourth-order valence-electron chi connectivity index (χ4n) is 1.51. The second-order valence-corrected chi connectivity index (χ2v) is 7.43. The van der Waals surface area contributed by atoms with Gasteiger partial charge in [0.05, 0.1) is 22.6 Å². The molecular formula is C14H20N2O5S. The Labute approximate surface area is 129 Å². The van der Waals surface area contributed by atoms with Crippen LogP contribution in [0.1, 0.15) is 31.1 Å². The minimum atomic E-state index is -3.56. The summed E-state index contributed by atoms with van der Waals surface area (Å²) < 4.78 is 28.3. The summed E-state index contributed by atoms with van der Waals surface area (Å²) in [6.07, 6.45) is 1.01. The predicted octanol–water partition coefficient (Wildman–Crippen LogP) is 0.943. The molecule has 1 rings (SSSR count). The number of benzene rings is 1. The van der Waals surface area contributed by atoms with Crippen LogP contribution in [0, 0.1) is 0 Å². The van der Waals surface area contributed by atoms with Gasteiger partial charge in [-0.1, -0.05) is 0 Å². The number of anilines is 1. The van der Waals surface area contributed by atoms with E-state index in [1.807, 2.05) is 0 Å². The van der Waals surface area contributed by atoms with Gasteiger partial charge in [-0.25, -0.2) is 13.2 Å². The zero-order valence-electron chi connectivity index (χ0n) is 13.0. The first-order chi connectivity index (χ1) is 9.95. The number of nitrogens with one attached hydrogen (secondary N) is 1. The molecule has 0 saturated carbocycles. The molecule has 0 spiro atoms. The minimum Gasteiger partial charge on any atom is -0.462 e. The number of sulfone groups is 1. The topological polar surface area (TPSA) is 116 Å². The number of esters is 1. The molecule has 1 amide bonds. The molecule has 1 aromatic carbocycles. The van der Waals surface area contributed by atoms with Crippen molar-refractivity contribution in [2.45, 2.75) is 31.2 Å². The monoisotopic (exact) mass is 328 g/mol. The van der Waals surface area contributed by atoms with Crippen LogP contribution >= 0.6 is 0 Å². The fraction of sp³-hybridized carbons (Fsp3) is 0.429. The molecular weight excluding hydrogens is 308 g/mol. The Bertz CT molecular complexity index is 690. The number of amides is 1. The molecule has 8 heteroatoms. The number of nitrogens with two attached hydrogens (primary N) is 1. The van der Waals surface area contributed by atoms with Crippen molar-refractivity contribution >= 4 is 27.4 Å². The van der Waals surface area contributed by atoms with Crippen molar-refractivity contribution in [1.29, 1.82) is 0 Å². The molecule has 0 fully saturated rings. The Morgan fingerprint density at radius 3 is 2.32 bits per heavy atom. The second kappa shape index (κ2) is 6.45. The van der Waals surface area contributed by atoms with E-state index in [4.69, 9.17) is 10.5 Å². The van der Waals surface area contributed by atoms with Crippen molar-refractivity contribution in [3.63, 3.8) is 0 Å². The van der Waals surface area contributed by atoms with E-state index in [1.54, 1.807) is 6.92 Å². The van der Waals surface area contributed by atoms with Gasteiger partial charge in [0.25, 0.3) is 0 Å². The number of rotatable bonds is 5. The van der Waals surface area contributed by atoms with Crippen LogP contribution in [0.2, 0.25) is 0 Å². The van der Waals surface area contributed by atoms with E-state index in [-0.39, 0.29) is 22.8 Å². The first kappa shape index (κ1) is 18.1. The third-order valence-corrected chi connectivity index (χ3v) is 3.78. The highest BCUT2D eigenvalue weighted by atomic mass is 32.2. The van der Waals surface area contributed by atoms with Gasteiger partial charge in [-0.2, -0.15) is 0 Å². The van der Waals surface area contributed by atoms with Crippen molar-refractivity contribution < 1.29 is 22.7 Å². The van der Waals surface area contributed by atoms with E-state index in [1.165, 1.54) is 32.0 Å². The van der Waals surface area contributed by atoms with Crippen molar-refractivity contribution in [3.05, 3.63) is 23.8 Å². The van der Waals surface area contributed by atoms with Crippen LogP contribution in [-0.2, 0) is 19.4 Å². The van der Waals surface area contributed by atoms with Gasteiger partial charge in [-0.15, -0.1) is 0 Å². The van der Waals surface area contributed by atoms with Crippen molar-refractivity contribution in [1.82, 2.24) is 0 Å². The van der Waals surface area contributed by atoms with Gasteiger partial charge in [-0.3, -0.25) is 4.79 Å². The van der Waals surface area contributed by atoms with E-state index < -0.39 is 27.3 Å². The molecule has 0 heterocycles. The molecule has 0 radical (unpaired) electrons. The van der Waals surface area contributed by atoms with Crippen LogP contribution in [0.15, 0.2) is 23.1 Å². The lowest BCUT2D eigenvalue weighted by atomic mass is 10.1. The maximum absolute atomic E-state index is 11.9. The Morgan fingerprint density at radius 1 is 1.27 bits per heavy atom. The summed E-state index contributed by atoms with van der Waals surface area (Å²) in [5, 5.41) is 2.50. The predicted molar refractivity (Wildman–Crippen MR) is 82.4 cm³/mol. The highest BCUT2D eigenvalue weighted by Crippen LogP contribution is 2.20. The molecule has 22 heavy (non-hydrogen) atoms. The zero-order valence-corrected chi connectivity index (χ0v) is 13.8. The van der Waals surface area contributed by atoms with Crippen molar-refractivity contribution in [2.24, 2.45) is 5.73 Å². The quantitative estimate of drug-likeness (QED) is 0.777. The number of carbonyl (C=O) groups excluding carboxylic acids is 2. The molecule has 0 atom stereocenters. The summed E-state index contributed by atoms with van der Waals surface area (Å²) in [4.78, 5) is 23.6. The number of carbonyl (C=O) groups is 2. The Hall–Kier alpha value is -1.93. The molecule has 0 bridgehead atoms. The van der Waals surface area contributed by atoms with E-state index in [9.17, 15) is 18.0 Å². The van der Waals surface area contributed by atoms with Crippen LogP contribution < -0.4 is 11.1 Å². The van der Waals surface area contributed by atoms with E-state index >= 15 is 0 Å². The molecule has 0 aliphatic carbocycles. The smallest absolute Gasteiger partial charge is 0.338 e. The third kappa shape index (κ3) is 4.81. The first-order valence-electron chi connectivity index (χ1n) is 6.57. The van der Waals surface area contributed by atoms with Gasteiger partial charge in [0, 0.05) is 11.9 Å². The SMILES string of the molecule is CCOC(=O)c1cc(NC(=O)C(C)(C)N)cc(S(C)(=O)=O)c1. The lowest BCUT2D eigenvalue weighted by Gasteiger charge is -2.18. The maximum Gasteiger partial charge on any atom is 0.338 e.